The van der Waals surface area contributed by atoms with Crippen LogP contribution in [0.2, 0.25) is 0 Å². The summed E-state index contributed by atoms with van der Waals surface area (Å²) in [6.45, 7) is 6.64. The summed E-state index contributed by atoms with van der Waals surface area (Å²) in [5.41, 5.74) is 1.43. The van der Waals surface area contributed by atoms with Crippen molar-refractivity contribution in [3.05, 3.63) is 36.0 Å². The Bertz CT molecular complexity index is 226. The molecule has 0 saturated heterocycles. The first-order chi connectivity index (χ1) is 6.20. The van der Waals surface area contributed by atoms with E-state index in [0.29, 0.717) is 5.92 Å². The Kier molecular flexibility index (Phi) is 4.01. The van der Waals surface area contributed by atoms with Crippen LogP contribution in [0.4, 0.5) is 0 Å². The number of rotatable bonds is 0. The number of hydrogen-bond donors (Lipinski definition) is 0. The van der Waals surface area contributed by atoms with Gasteiger partial charge in [0.2, 0.25) is 0 Å². The molecule has 0 aromatic heterocycles. The highest BCUT2D eigenvalue weighted by molar-refractivity contribution is 5.24. The highest BCUT2D eigenvalue weighted by atomic mass is 14.2. The Morgan fingerprint density at radius 3 is 2.23 bits per heavy atom. The van der Waals surface area contributed by atoms with Crippen LogP contribution in [0, 0.1) is 11.8 Å². The minimum atomic E-state index is 0.611. The largest absolute Gasteiger partial charge is 0.0776 e. The Morgan fingerprint density at radius 2 is 1.69 bits per heavy atom. The zero-order valence-electron chi connectivity index (χ0n) is 8.96. The van der Waals surface area contributed by atoms with Crippen molar-refractivity contribution in [1.29, 1.82) is 0 Å². The van der Waals surface area contributed by atoms with Crippen molar-refractivity contribution in [2.45, 2.75) is 33.6 Å². The van der Waals surface area contributed by atoms with E-state index in [1.807, 2.05) is 0 Å². The Hall–Kier alpha value is -0.780. The molecule has 0 nitrogen and oxygen atoms in total. The fourth-order valence-electron chi connectivity index (χ4n) is 0.973. The van der Waals surface area contributed by atoms with Gasteiger partial charge < -0.3 is 0 Å². The lowest BCUT2D eigenvalue weighted by Gasteiger charge is -2.02. The molecule has 0 aromatic rings. The molecular weight excluding hydrogens is 156 g/mol. The lowest BCUT2D eigenvalue weighted by Crippen LogP contribution is -1.88. The average Bonchev–Trinajstić information content (AvgIpc) is 2.87. The van der Waals surface area contributed by atoms with Crippen LogP contribution in [0.15, 0.2) is 36.0 Å². The van der Waals surface area contributed by atoms with Crippen LogP contribution in [0.1, 0.15) is 33.6 Å². The minimum absolute atomic E-state index is 0.611. The summed E-state index contributed by atoms with van der Waals surface area (Å²) in [7, 11) is 0. The van der Waals surface area contributed by atoms with Crippen molar-refractivity contribution in [1.82, 2.24) is 0 Å². The number of hydrogen-bond acceptors (Lipinski definition) is 0. The summed E-state index contributed by atoms with van der Waals surface area (Å²) in [4.78, 5) is 0. The van der Waals surface area contributed by atoms with Gasteiger partial charge in [-0.3, -0.25) is 0 Å². The lowest BCUT2D eigenvalue weighted by atomic mass is 10.0. The molecular formula is C13H20. The fraction of sp³-hybridized carbons (Fsp3) is 0.538. The van der Waals surface area contributed by atoms with Gasteiger partial charge in [-0.2, -0.15) is 0 Å². The predicted octanol–water partition coefficient (Wildman–Crippen LogP) is 4.11. The van der Waals surface area contributed by atoms with E-state index in [4.69, 9.17) is 0 Å². The quantitative estimate of drug-likeness (QED) is 0.521. The van der Waals surface area contributed by atoms with Crippen LogP contribution in [-0.2, 0) is 0 Å². The van der Waals surface area contributed by atoms with Gasteiger partial charge in [0.25, 0.3) is 0 Å². The van der Waals surface area contributed by atoms with Crippen LogP contribution in [0.25, 0.3) is 0 Å². The first-order valence-electron chi connectivity index (χ1n) is 5.22. The second kappa shape index (κ2) is 5.06. The van der Waals surface area contributed by atoms with Crippen molar-refractivity contribution in [3.63, 3.8) is 0 Å². The summed E-state index contributed by atoms with van der Waals surface area (Å²) < 4.78 is 0. The minimum Gasteiger partial charge on any atom is -0.0776 e. The first-order valence-corrected chi connectivity index (χ1v) is 5.22. The summed E-state index contributed by atoms with van der Waals surface area (Å²) in [5, 5.41) is 0. The van der Waals surface area contributed by atoms with Gasteiger partial charge in [0.1, 0.15) is 0 Å². The second-order valence-corrected chi connectivity index (χ2v) is 4.15. The molecule has 1 unspecified atom stereocenters. The third-order valence-electron chi connectivity index (χ3n) is 2.57. The third-order valence-corrected chi connectivity index (χ3v) is 2.57. The second-order valence-electron chi connectivity index (χ2n) is 4.15. The first kappa shape index (κ1) is 10.3. The van der Waals surface area contributed by atoms with E-state index in [2.05, 4.69) is 51.2 Å². The normalized spacial score (nSPS) is 25.8. The monoisotopic (exact) mass is 176 g/mol. The highest BCUT2D eigenvalue weighted by Crippen LogP contribution is 2.26. The highest BCUT2D eigenvalue weighted by Gasteiger charge is 2.12. The molecule has 2 rings (SSSR count). The van der Waals surface area contributed by atoms with E-state index in [1.54, 1.807) is 0 Å². The van der Waals surface area contributed by atoms with Gasteiger partial charge in [-0.25, -0.2) is 0 Å². The van der Waals surface area contributed by atoms with Gasteiger partial charge in [-0.05, 0) is 18.8 Å². The van der Waals surface area contributed by atoms with E-state index in [-0.39, 0.29) is 0 Å². The van der Waals surface area contributed by atoms with E-state index in [1.165, 1.54) is 18.4 Å². The topological polar surface area (TPSA) is 0 Å². The molecule has 0 amide bonds. The van der Waals surface area contributed by atoms with Gasteiger partial charge in [-0.15, -0.1) is 0 Å². The van der Waals surface area contributed by atoms with Crippen molar-refractivity contribution in [2.24, 2.45) is 11.8 Å². The fourth-order valence-corrected chi connectivity index (χ4v) is 0.973. The zero-order chi connectivity index (χ0) is 9.68. The van der Waals surface area contributed by atoms with Crippen LogP contribution in [0.5, 0.6) is 0 Å². The average molecular weight is 176 g/mol. The predicted molar refractivity (Wildman–Crippen MR) is 59.6 cm³/mol. The van der Waals surface area contributed by atoms with Crippen molar-refractivity contribution in [3.8, 4) is 0 Å². The molecule has 2 aliphatic rings. The van der Waals surface area contributed by atoms with Crippen molar-refractivity contribution in [2.75, 3.05) is 0 Å². The van der Waals surface area contributed by atoms with Crippen LogP contribution in [0.3, 0.4) is 0 Å². The van der Waals surface area contributed by atoms with Crippen LogP contribution in [-0.4, -0.2) is 0 Å². The smallest absolute Gasteiger partial charge is 0.00482 e. The summed E-state index contributed by atoms with van der Waals surface area (Å²) in [5.74, 6) is 1.69. The maximum atomic E-state index is 2.28. The van der Waals surface area contributed by atoms with Crippen LogP contribution >= 0.6 is 0 Å². The summed E-state index contributed by atoms with van der Waals surface area (Å²) in [6.07, 6.45) is 13.6. The molecule has 0 spiro atoms. The molecule has 1 saturated carbocycles. The maximum Gasteiger partial charge on any atom is -0.00482 e. The zero-order valence-corrected chi connectivity index (χ0v) is 8.96. The Labute approximate surface area is 82.0 Å². The van der Waals surface area contributed by atoms with Gasteiger partial charge in [0.15, 0.2) is 0 Å². The molecule has 0 radical (unpaired) electrons. The lowest BCUT2D eigenvalue weighted by molar-refractivity contribution is 0.865. The molecule has 0 aromatic carbocycles. The SMILES string of the molecule is CC1=CC=CC=CC1C.CC1CC1. The van der Waals surface area contributed by atoms with E-state index < -0.39 is 0 Å². The van der Waals surface area contributed by atoms with E-state index in [0.717, 1.165) is 5.92 Å². The number of allylic oxidation sites excluding steroid dienone is 6. The molecule has 2 aliphatic carbocycles. The van der Waals surface area contributed by atoms with Gasteiger partial charge >= 0.3 is 0 Å². The van der Waals surface area contributed by atoms with Crippen molar-refractivity contribution < 1.29 is 0 Å². The Morgan fingerprint density at radius 1 is 1.08 bits per heavy atom. The third kappa shape index (κ3) is 4.72. The molecule has 0 heteroatoms. The van der Waals surface area contributed by atoms with Gasteiger partial charge in [0, 0.05) is 0 Å². The van der Waals surface area contributed by atoms with Gasteiger partial charge in [-0.1, -0.05) is 62.6 Å². The maximum absolute atomic E-state index is 2.28. The van der Waals surface area contributed by atoms with Crippen LogP contribution < -0.4 is 0 Å². The molecule has 0 aliphatic heterocycles. The molecule has 1 fully saturated rings. The van der Waals surface area contributed by atoms with Gasteiger partial charge in [0.05, 0.1) is 0 Å². The van der Waals surface area contributed by atoms with Crippen molar-refractivity contribution >= 4 is 0 Å². The van der Waals surface area contributed by atoms with E-state index in [9.17, 15) is 0 Å². The summed E-state index contributed by atoms with van der Waals surface area (Å²) in [6, 6.07) is 0. The molecule has 72 valence electrons. The summed E-state index contributed by atoms with van der Waals surface area (Å²) >= 11 is 0. The van der Waals surface area contributed by atoms with E-state index >= 15 is 0 Å². The molecule has 0 bridgehead atoms. The molecule has 13 heavy (non-hydrogen) atoms. The standard InChI is InChI=1S/C9H12.C4H8/c1-8-6-4-3-5-7-9(8)2;1-4-2-3-4/h3-8H,1-2H3;4H,2-3H2,1H3. The molecule has 0 heterocycles. The molecule has 1 atom stereocenters. The Balaban J connectivity index is 0.000000175. The molecule has 0 N–H and O–H groups in total.